The fourth-order valence-corrected chi connectivity index (χ4v) is 7.52. The number of pyridine rings is 1. The van der Waals surface area contributed by atoms with Gasteiger partial charge in [-0.25, -0.2) is 4.98 Å². The van der Waals surface area contributed by atoms with Gasteiger partial charge in [-0.1, -0.05) is 129 Å². The number of nitrogen functional groups attached to an aromatic ring is 1. The lowest BCUT2D eigenvalue weighted by Crippen LogP contribution is -2.30. The van der Waals surface area contributed by atoms with E-state index in [2.05, 4.69) is 29.5 Å². The van der Waals surface area contributed by atoms with Crippen LogP contribution in [0.25, 0.3) is 0 Å². The Morgan fingerprint density at radius 2 is 1.33 bits per heavy atom. The maximum absolute atomic E-state index is 13.0. The van der Waals surface area contributed by atoms with Crippen LogP contribution in [0, 0.1) is 0 Å². The number of esters is 2. The first-order valence-corrected chi connectivity index (χ1v) is 25.0. The van der Waals surface area contributed by atoms with Crippen LogP contribution in [-0.4, -0.2) is 86.0 Å². The molecule has 1 aromatic carbocycles. The molecule has 0 aliphatic heterocycles. The summed E-state index contributed by atoms with van der Waals surface area (Å²) in [5, 5.41) is 5.44. The Kier molecular flexibility index (Phi) is 30.1. The van der Waals surface area contributed by atoms with Crippen LogP contribution in [0.3, 0.4) is 0 Å². The van der Waals surface area contributed by atoms with Gasteiger partial charge < -0.3 is 44.7 Å². The van der Waals surface area contributed by atoms with Gasteiger partial charge in [0.1, 0.15) is 13.2 Å². The Morgan fingerprint density at radius 1 is 0.762 bits per heavy atom. The Balaban J connectivity index is 1.79. The number of methoxy groups -OCH3 is 1. The SMILES string of the molecule is CCCCCCCCCCCC(=O)OCC(COP(=O)(O)CCNC(=O)c1ccc(CNC(=O)Cc2cnc(OCCOC)cc2N)cc1)OC(=O)CCCCCCCCCCC. The van der Waals surface area contributed by atoms with Crippen LogP contribution in [0.4, 0.5) is 5.69 Å². The summed E-state index contributed by atoms with van der Waals surface area (Å²) in [5.41, 5.74) is 8.08. The Morgan fingerprint density at radius 3 is 1.90 bits per heavy atom. The zero-order valence-corrected chi connectivity index (χ0v) is 39.2. The summed E-state index contributed by atoms with van der Waals surface area (Å²) in [6.07, 6.45) is 20.4. The number of nitrogens with one attached hydrogen (secondary N) is 2. The smallest absolute Gasteiger partial charge is 0.330 e. The first kappa shape index (κ1) is 55.1. The molecule has 2 aromatic rings. The third kappa shape index (κ3) is 27.7. The molecular formula is C47H77N4O11P. The van der Waals surface area contributed by atoms with Crippen molar-refractivity contribution < 1.29 is 52.1 Å². The molecule has 2 amide bonds. The molecule has 63 heavy (non-hydrogen) atoms. The standard InChI is InChI=1S/C47H77N4O11P/c1-4-6-8-10-12-14-16-18-20-22-45(53)60-36-41(62-46(54)23-21-19-17-15-13-11-9-7-5-2)37-61-63(56,57)31-28-49-47(55)39-26-24-38(25-27-39)34-50-43(52)32-40-35-51-44(33-42(40)48)59-30-29-58-3/h24-27,33,35,41H,4-23,28-32,34,36-37H2,1-3H3,(H2,48,51)(H,49,55)(H,50,52)(H,56,57). The van der Waals surface area contributed by atoms with E-state index in [0.29, 0.717) is 48.7 Å². The van der Waals surface area contributed by atoms with E-state index >= 15 is 0 Å². The summed E-state index contributed by atoms with van der Waals surface area (Å²) in [5.74, 6) is -1.29. The van der Waals surface area contributed by atoms with Crippen LogP contribution >= 0.6 is 7.60 Å². The topological polar surface area (TPSA) is 215 Å². The Labute approximate surface area is 376 Å². The summed E-state index contributed by atoms with van der Waals surface area (Å²) in [6.45, 7) is 4.44. The van der Waals surface area contributed by atoms with Gasteiger partial charge in [0.25, 0.3) is 5.91 Å². The molecule has 2 atom stereocenters. The van der Waals surface area contributed by atoms with Crippen LogP contribution in [-0.2, 0) is 50.6 Å². The molecule has 1 heterocycles. The summed E-state index contributed by atoms with van der Waals surface area (Å²) >= 11 is 0. The third-order valence-corrected chi connectivity index (χ3v) is 11.8. The van der Waals surface area contributed by atoms with Gasteiger partial charge in [-0.05, 0) is 30.5 Å². The summed E-state index contributed by atoms with van der Waals surface area (Å²) in [6, 6.07) is 8.11. The van der Waals surface area contributed by atoms with Crippen molar-refractivity contribution in [3.8, 4) is 5.88 Å². The third-order valence-electron chi connectivity index (χ3n) is 10.4. The van der Waals surface area contributed by atoms with Crippen LogP contribution in [0.5, 0.6) is 5.88 Å². The fourth-order valence-electron chi connectivity index (χ4n) is 6.60. The van der Waals surface area contributed by atoms with Crippen LogP contribution in [0.1, 0.15) is 164 Å². The quantitative estimate of drug-likeness (QED) is 0.0282. The lowest BCUT2D eigenvalue weighted by atomic mass is 10.1. The van der Waals surface area contributed by atoms with Crippen molar-refractivity contribution in [1.82, 2.24) is 15.6 Å². The number of nitrogens with two attached hydrogens (primary N) is 1. The number of ether oxygens (including phenoxy) is 4. The molecule has 0 aliphatic carbocycles. The van der Waals surface area contributed by atoms with E-state index in [0.717, 1.165) is 44.1 Å². The van der Waals surface area contributed by atoms with Gasteiger partial charge in [-0.3, -0.25) is 23.7 Å². The molecule has 0 bridgehead atoms. The first-order valence-electron chi connectivity index (χ1n) is 23.3. The number of hydrogen-bond acceptors (Lipinski definition) is 12. The largest absolute Gasteiger partial charge is 0.475 e. The predicted octanol–water partition coefficient (Wildman–Crippen LogP) is 8.78. The normalized spacial score (nSPS) is 12.6. The molecule has 0 aliphatic rings. The van der Waals surface area contributed by atoms with E-state index in [1.807, 2.05) is 0 Å². The van der Waals surface area contributed by atoms with Crippen molar-refractivity contribution >= 4 is 37.0 Å². The molecule has 5 N–H and O–H groups in total. The number of nitrogens with zero attached hydrogens (tertiary/aromatic N) is 1. The molecule has 0 fully saturated rings. The average Bonchev–Trinajstić information content (AvgIpc) is 3.26. The van der Waals surface area contributed by atoms with Crippen molar-refractivity contribution in [3.05, 3.63) is 53.2 Å². The van der Waals surface area contributed by atoms with Gasteiger partial charge in [-0.15, -0.1) is 0 Å². The number of rotatable bonds is 38. The molecule has 16 heteroatoms. The number of unbranched alkanes of at least 4 members (excludes halogenated alkanes) is 16. The molecule has 356 valence electrons. The van der Waals surface area contributed by atoms with E-state index in [1.54, 1.807) is 37.4 Å². The van der Waals surface area contributed by atoms with Gasteiger partial charge in [0, 0.05) is 62.1 Å². The number of carbonyl (C=O) groups is 4. The number of carbonyl (C=O) groups excluding carboxylic acids is 4. The Hall–Kier alpha value is -4.04. The average molecular weight is 905 g/mol. The number of hydrogen-bond donors (Lipinski definition) is 4. The van der Waals surface area contributed by atoms with Gasteiger partial charge in [0.15, 0.2) is 6.10 Å². The minimum atomic E-state index is -4.24. The highest BCUT2D eigenvalue weighted by Crippen LogP contribution is 2.41. The van der Waals surface area contributed by atoms with Crippen molar-refractivity contribution in [2.45, 2.75) is 161 Å². The van der Waals surface area contributed by atoms with E-state index in [1.165, 1.54) is 70.4 Å². The zero-order chi connectivity index (χ0) is 46.0. The van der Waals surface area contributed by atoms with E-state index in [-0.39, 0.29) is 44.9 Å². The van der Waals surface area contributed by atoms with Crippen molar-refractivity contribution in [3.63, 3.8) is 0 Å². The second-order valence-electron chi connectivity index (χ2n) is 16.1. The van der Waals surface area contributed by atoms with E-state index in [4.69, 9.17) is 29.2 Å². The van der Waals surface area contributed by atoms with Crippen molar-refractivity contribution in [2.75, 3.05) is 52.0 Å². The van der Waals surface area contributed by atoms with Gasteiger partial charge in [0.2, 0.25) is 11.8 Å². The second-order valence-corrected chi connectivity index (χ2v) is 18.1. The fraction of sp³-hybridized carbons (Fsp3) is 0.681. The number of amides is 2. The zero-order valence-electron chi connectivity index (χ0n) is 38.3. The van der Waals surface area contributed by atoms with Crippen LogP contribution in [0.15, 0.2) is 36.5 Å². The summed E-state index contributed by atoms with van der Waals surface area (Å²) in [4.78, 5) is 65.4. The lowest BCUT2D eigenvalue weighted by molar-refractivity contribution is -0.161. The molecule has 0 saturated heterocycles. The van der Waals surface area contributed by atoms with E-state index in [9.17, 15) is 28.6 Å². The highest BCUT2D eigenvalue weighted by Gasteiger charge is 2.25. The Bertz CT molecular complexity index is 1630. The highest BCUT2D eigenvalue weighted by atomic mass is 31.2. The van der Waals surface area contributed by atoms with Crippen LogP contribution in [0.2, 0.25) is 0 Å². The second kappa shape index (κ2) is 34.4. The maximum atomic E-state index is 13.0. The minimum absolute atomic E-state index is 0.0220. The molecule has 2 rings (SSSR count). The van der Waals surface area contributed by atoms with Gasteiger partial charge in [-0.2, -0.15) is 0 Å². The first-order chi connectivity index (χ1) is 30.5. The van der Waals surface area contributed by atoms with Gasteiger partial charge >= 0.3 is 19.5 Å². The van der Waals surface area contributed by atoms with Crippen molar-refractivity contribution in [1.29, 1.82) is 0 Å². The molecule has 15 nitrogen and oxygen atoms in total. The monoisotopic (exact) mass is 905 g/mol. The number of aromatic nitrogens is 1. The predicted molar refractivity (Wildman–Crippen MR) is 246 cm³/mol. The summed E-state index contributed by atoms with van der Waals surface area (Å²) < 4.78 is 39.7. The van der Waals surface area contributed by atoms with Gasteiger partial charge in [0.05, 0.1) is 25.8 Å². The van der Waals surface area contributed by atoms with Crippen molar-refractivity contribution in [2.24, 2.45) is 0 Å². The summed E-state index contributed by atoms with van der Waals surface area (Å²) in [7, 11) is -2.67. The molecular weight excluding hydrogens is 828 g/mol. The number of benzene rings is 1. The van der Waals surface area contributed by atoms with E-state index < -0.39 is 44.3 Å². The van der Waals surface area contributed by atoms with Crippen LogP contribution < -0.4 is 21.1 Å². The molecule has 0 spiro atoms. The molecule has 2 unspecified atom stereocenters. The molecule has 0 radical (unpaired) electrons. The highest BCUT2D eigenvalue weighted by molar-refractivity contribution is 7.52. The minimum Gasteiger partial charge on any atom is -0.475 e. The molecule has 1 aromatic heterocycles. The molecule has 0 saturated carbocycles. The number of anilines is 1. The lowest BCUT2D eigenvalue weighted by Gasteiger charge is -2.20. The maximum Gasteiger partial charge on any atom is 0.330 e.